The number of hydrogen-bond donors (Lipinski definition) is 1. The fourth-order valence-corrected chi connectivity index (χ4v) is 2.03. The van der Waals surface area contributed by atoms with Crippen LogP contribution in [0.25, 0.3) is 0 Å². The molecule has 0 heterocycles. The lowest BCUT2D eigenvalue weighted by Gasteiger charge is -2.15. The van der Waals surface area contributed by atoms with E-state index in [4.69, 9.17) is 14.2 Å². The van der Waals surface area contributed by atoms with Crippen molar-refractivity contribution in [2.75, 3.05) is 21.3 Å². The van der Waals surface area contributed by atoms with Crippen molar-refractivity contribution in [3.05, 3.63) is 53.3 Å². The van der Waals surface area contributed by atoms with Gasteiger partial charge in [-0.3, -0.25) is 0 Å². The molecule has 5 heteroatoms. The van der Waals surface area contributed by atoms with Gasteiger partial charge in [-0.25, -0.2) is 4.39 Å². The highest BCUT2D eigenvalue weighted by atomic mass is 19.1. The molecule has 4 nitrogen and oxygen atoms in total. The maximum absolute atomic E-state index is 13.4. The summed E-state index contributed by atoms with van der Waals surface area (Å²) in [5.74, 6) is 0.744. The molecule has 2 rings (SSSR count). The van der Waals surface area contributed by atoms with Crippen LogP contribution >= 0.6 is 0 Å². The molecule has 0 bridgehead atoms. The molecule has 112 valence electrons. The van der Waals surface area contributed by atoms with Crippen LogP contribution < -0.4 is 14.2 Å². The minimum Gasteiger partial charge on any atom is -0.497 e. The molecule has 1 atom stereocenters. The molecule has 2 aromatic rings. The lowest BCUT2D eigenvalue weighted by Crippen LogP contribution is -2.02. The smallest absolute Gasteiger partial charge is 0.165 e. The van der Waals surface area contributed by atoms with Crippen LogP contribution in [-0.2, 0) is 0 Å². The number of hydrogen-bond acceptors (Lipinski definition) is 4. The SMILES string of the molecule is COc1cc(OC)cc(C(O)c2ccc(F)c(OC)c2)c1. The largest absolute Gasteiger partial charge is 0.497 e. The molecule has 0 aliphatic carbocycles. The van der Waals surface area contributed by atoms with Crippen LogP contribution in [0.5, 0.6) is 17.2 Å². The number of aliphatic hydroxyl groups excluding tert-OH is 1. The zero-order chi connectivity index (χ0) is 15.4. The summed E-state index contributed by atoms with van der Waals surface area (Å²) in [6, 6.07) is 9.34. The standard InChI is InChI=1S/C16H17FO4/c1-19-12-6-11(7-13(9-12)20-2)16(18)10-4-5-14(17)15(8-10)21-3/h4-9,16,18H,1-3H3. The van der Waals surface area contributed by atoms with Gasteiger partial charge in [-0.05, 0) is 35.4 Å². The van der Waals surface area contributed by atoms with Gasteiger partial charge in [-0.1, -0.05) is 6.07 Å². The van der Waals surface area contributed by atoms with Gasteiger partial charge in [0.25, 0.3) is 0 Å². The maximum Gasteiger partial charge on any atom is 0.165 e. The monoisotopic (exact) mass is 292 g/mol. The van der Waals surface area contributed by atoms with Crippen molar-refractivity contribution >= 4 is 0 Å². The summed E-state index contributed by atoms with van der Waals surface area (Å²) in [7, 11) is 4.45. The lowest BCUT2D eigenvalue weighted by molar-refractivity contribution is 0.218. The molecular weight excluding hydrogens is 275 g/mol. The number of rotatable bonds is 5. The summed E-state index contributed by atoms with van der Waals surface area (Å²) in [4.78, 5) is 0. The van der Waals surface area contributed by atoms with Crippen LogP contribution in [0.2, 0.25) is 0 Å². The van der Waals surface area contributed by atoms with Crippen molar-refractivity contribution in [3.8, 4) is 17.2 Å². The van der Waals surface area contributed by atoms with Gasteiger partial charge < -0.3 is 19.3 Å². The molecule has 0 radical (unpaired) electrons. The predicted molar refractivity (Wildman–Crippen MR) is 76.6 cm³/mol. The number of aliphatic hydroxyl groups is 1. The van der Waals surface area contributed by atoms with Gasteiger partial charge >= 0.3 is 0 Å². The first kappa shape index (κ1) is 15.1. The van der Waals surface area contributed by atoms with E-state index in [-0.39, 0.29) is 5.75 Å². The maximum atomic E-state index is 13.4. The van der Waals surface area contributed by atoms with Gasteiger partial charge in [-0.15, -0.1) is 0 Å². The number of halogens is 1. The molecule has 0 spiro atoms. The summed E-state index contributed by atoms with van der Waals surface area (Å²) in [6.07, 6.45) is -0.941. The zero-order valence-electron chi connectivity index (χ0n) is 12.1. The van der Waals surface area contributed by atoms with Crippen molar-refractivity contribution in [2.45, 2.75) is 6.10 Å². The topological polar surface area (TPSA) is 47.9 Å². The Kier molecular flexibility index (Phi) is 4.65. The minimum absolute atomic E-state index is 0.0846. The molecule has 0 aliphatic heterocycles. The van der Waals surface area contributed by atoms with E-state index in [1.165, 1.54) is 39.5 Å². The summed E-state index contributed by atoms with van der Waals surface area (Å²) in [6.45, 7) is 0. The quantitative estimate of drug-likeness (QED) is 0.920. The van der Waals surface area contributed by atoms with E-state index >= 15 is 0 Å². The van der Waals surface area contributed by atoms with Gasteiger partial charge in [0, 0.05) is 6.07 Å². The van der Waals surface area contributed by atoms with Crippen molar-refractivity contribution in [1.82, 2.24) is 0 Å². The molecule has 0 aromatic heterocycles. The Bertz CT molecular complexity index is 605. The van der Waals surface area contributed by atoms with E-state index in [1.807, 2.05) is 0 Å². The van der Waals surface area contributed by atoms with Gasteiger partial charge in [0.2, 0.25) is 0 Å². The Morgan fingerprint density at radius 2 is 1.48 bits per heavy atom. The first-order valence-corrected chi connectivity index (χ1v) is 6.33. The summed E-state index contributed by atoms with van der Waals surface area (Å²) >= 11 is 0. The Morgan fingerprint density at radius 1 is 0.857 bits per heavy atom. The van der Waals surface area contributed by atoms with E-state index in [0.717, 1.165) is 0 Å². The van der Waals surface area contributed by atoms with Crippen LogP contribution in [0, 0.1) is 5.82 Å². The molecule has 0 fully saturated rings. The van der Waals surface area contributed by atoms with Crippen LogP contribution in [0.15, 0.2) is 36.4 Å². The van der Waals surface area contributed by atoms with Crippen LogP contribution in [0.1, 0.15) is 17.2 Å². The molecule has 0 saturated carbocycles. The Balaban J connectivity index is 2.41. The van der Waals surface area contributed by atoms with E-state index in [2.05, 4.69) is 0 Å². The molecule has 0 amide bonds. The molecule has 2 aromatic carbocycles. The fraction of sp³-hybridized carbons (Fsp3) is 0.250. The molecular formula is C16H17FO4. The highest BCUT2D eigenvalue weighted by molar-refractivity contribution is 5.43. The fourth-order valence-electron chi connectivity index (χ4n) is 2.03. The summed E-state index contributed by atoms with van der Waals surface area (Å²) < 4.78 is 28.7. The second kappa shape index (κ2) is 6.45. The average Bonchev–Trinajstić information content (AvgIpc) is 2.54. The number of methoxy groups -OCH3 is 3. The van der Waals surface area contributed by atoms with Crippen molar-refractivity contribution in [3.63, 3.8) is 0 Å². The van der Waals surface area contributed by atoms with Gasteiger partial charge in [0.05, 0.1) is 21.3 Å². The average molecular weight is 292 g/mol. The zero-order valence-corrected chi connectivity index (χ0v) is 12.1. The Labute approximate surface area is 122 Å². The van der Waals surface area contributed by atoms with E-state index in [1.54, 1.807) is 18.2 Å². The van der Waals surface area contributed by atoms with E-state index in [9.17, 15) is 9.50 Å². The van der Waals surface area contributed by atoms with Crippen LogP contribution in [0.4, 0.5) is 4.39 Å². The normalized spacial score (nSPS) is 11.9. The summed E-state index contributed by atoms with van der Waals surface area (Å²) in [5.41, 5.74) is 1.10. The Hall–Kier alpha value is -2.27. The van der Waals surface area contributed by atoms with Crippen molar-refractivity contribution in [2.24, 2.45) is 0 Å². The van der Waals surface area contributed by atoms with Crippen molar-refractivity contribution in [1.29, 1.82) is 0 Å². The first-order chi connectivity index (χ1) is 10.1. The van der Waals surface area contributed by atoms with Crippen LogP contribution in [0.3, 0.4) is 0 Å². The van der Waals surface area contributed by atoms with Gasteiger partial charge in [-0.2, -0.15) is 0 Å². The lowest BCUT2D eigenvalue weighted by atomic mass is 10.0. The van der Waals surface area contributed by atoms with Crippen molar-refractivity contribution < 1.29 is 23.7 Å². The molecule has 21 heavy (non-hydrogen) atoms. The molecule has 0 aliphatic rings. The van der Waals surface area contributed by atoms with E-state index in [0.29, 0.717) is 22.6 Å². The third-order valence-electron chi connectivity index (χ3n) is 3.18. The van der Waals surface area contributed by atoms with Gasteiger partial charge in [0.15, 0.2) is 11.6 Å². The third-order valence-corrected chi connectivity index (χ3v) is 3.18. The second-order valence-electron chi connectivity index (χ2n) is 4.44. The van der Waals surface area contributed by atoms with E-state index < -0.39 is 11.9 Å². The number of ether oxygens (including phenoxy) is 3. The highest BCUT2D eigenvalue weighted by Crippen LogP contribution is 2.31. The number of benzene rings is 2. The Morgan fingerprint density at radius 3 is 2.00 bits per heavy atom. The molecule has 0 saturated heterocycles. The summed E-state index contributed by atoms with van der Waals surface area (Å²) in [5, 5.41) is 10.5. The third kappa shape index (κ3) is 3.25. The highest BCUT2D eigenvalue weighted by Gasteiger charge is 2.15. The minimum atomic E-state index is -0.941. The second-order valence-corrected chi connectivity index (χ2v) is 4.44. The van der Waals surface area contributed by atoms with Crippen LogP contribution in [-0.4, -0.2) is 26.4 Å². The predicted octanol–water partition coefficient (Wildman–Crippen LogP) is 2.93. The first-order valence-electron chi connectivity index (χ1n) is 6.33. The molecule has 1 unspecified atom stereocenters. The van der Waals surface area contributed by atoms with Gasteiger partial charge in [0.1, 0.15) is 17.6 Å². The molecule has 1 N–H and O–H groups in total.